The SMILES string of the molecule is COc1ccc(C(Nc2ccn([C@@H]3S[C@@H]4COP(=O)(OCC[C@@H](C)C(=O)OC(C)C)OC4[C@@H]3F)c(=O)n2)(c2ccccc2)c2ccccc2)cc1. The lowest BCUT2D eigenvalue weighted by atomic mass is 9.77. The van der Waals surface area contributed by atoms with Crippen molar-refractivity contribution in [1.29, 1.82) is 0 Å². The molecule has 2 fully saturated rings. The van der Waals surface area contributed by atoms with Crippen molar-refractivity contribution < 1.29 is 36.8 Å². The van der Waals surface area contributed by atoms with Crippen LogP contribution in [0.25, 0.3) is 0 Å². The molecule has 0 radical (unpaired) electrons. The molecule has 0 saturated carbocycles. The molecule has 2 aliphatic rings. The Morgan fingerprint density at radius 2 is 1.65 bits per heavy atom. The van der Waals surface area contributed by atoms with E-state index in [-0.39, 0.29) is 31.6 Å². The molecule has 0 spiro atoms. The van der Waals surface area contributed by atoms with Crippen LogP contribution in [-0.2, 0) is 33.2 Å². The van der Waals surface area contributed by atoms with Gasteiger partial charge in [-0.25, -0.2) is 13.8 Å². The number of nitrogens with one attached hydrogen (secondary N) is 1. The summed E-state index contributed by atoms with van der Waals surface area (Å²) < 4.78 is 57.6. The predicted molar refractivity (Wildman–Crippen MR) is 193 cm³/mol. The third-order valence-corrected chi connectivity index (χ3v) is 11.8. The van der Waals surface area contributed by atoms with Gasteiger partial charge in [0, 0.05) is 6.20 Å². The number of phosphoric acid groups is 1. The van der Waals surface area contributed by atoms with E-state index in [0.717, 1.165) is 28.5 Å². The standard InChI is InChI=1S/C37H41FN3O8PS/c1-24(2)48-35(42)25(3)20-22-46-50(44)47-23-30-33(49-50)32(38)34(51-30)41-21-19-31(39-36(41)43)40-37(26-11-7-5-8-12-26,27-13-9-6-10-14-27)28-15-17-29(45-4)18-16-28/h5-19,21,24-25,30,32-34H,20,22-23H2,1-4H3,(H,39,40,43)/t25-,30-,32+,33?,34-,50?/m1/s1. The summed E-state index contributed by atoms with van der Waals surface area (Å²) in [5.74, 6) is 0.0682. The van der Waals surface area contributed by atoms with E-state index in [1.807, 2.05) is 84.9 Å². The van der Waals surface area contributed by atoms with E-state index in [0.29, 0.717) is 5.75 Å². The Hall–Kier alpha value is -4.00. The summed E-state index contributed by atoms with van der Waals surface area (Å²) >= 11 is 1.15. The van der Waals surface area contributed by atoms with E-state index < -0.39 is 53.8 Å². The smallest absolute Gasteiger partial charge is 0.475 e. The van der Waals surface area contributed by atoms with E-state index >= 15 is 4.39 Å². The minimum Gasteiger partial charge on any atom is -0.497 e. The molecular formula is C37H41FN3O8PS. The highest BCUT2D eigenvalue weighted by Crippen LogP contribution is 2.60. The quantitative estimate of drug-likeness (QED) is 0.0856. The van der Waals surface area contributed by atoms with Crippen LogP contribution in [0.4, 0.5) is 10.2 Å². The van der Waals surface area contributed by atoms with E-state index in [1.165, 1.54) is 10.8 Å². The first-order chi connectivity index (χ1) is 24.5. The molecule has 2 aliphatic heterocycles. The highest BCUT2D eigenvalue weighted by Gasteiger charge is 2.54. The van der Waals surface area contributed by atoms with E-state index in [4.69, 9.17) is 23.0 Å². The van der Waals surface area contributed by atoms with E-state index in [1.54, 1.807) is 33.9 Å². The first-order valence-corrected chi connectivity index (χ1v) is 19.1. The lowest BCUT2D eigenvalue weighted by Crippen LogP contribution is -2.40. The Morgan fingerprint density at radius 1 is 1.02 bits per heavy atom. The minimum atomic E-state index is -4.12. The van der Waals surface area contributed by atoms with Crippen molar-refractivity contribution in [3.8, 4) is 5.75 Å². The topological polar surface area (TPSA) is 127 Å². The van der Waals surface area contributed by atoms with E-state index in [2.05, 4.69) is 10.3 Å². The van der Waals surface area contributed by atoms with Gasteiger partial charge in [0.2, 0.25) is 0 Å². The van der Waals surface area contributed by atoms with Gasteiger partial charge in [-0.15, -0.1) is 11.8 Å². The minimum absolute atomic E-state index is 0.102. The second-order valence-electron chi connectivity index (χ2n) is 12.7. The number of carbonyl (C=O) groups excluding carboxylic acids is 1. The summed E-state index contributed by atoms with van der Waals surface area (Å²) in [4.78, 5) is 30.1. The fourth-order valence-corrected chi connectivity index (χ4v) is 9.27. The van der Waals surface area contributed by atoms with Gasteiger partial charge >= 0.3 is 19.5 Å². The fraction of sp³-hybridized carbons (Fsp3) is 0.378. The number of aromatic nitrogens is 2. The molecule has 1 aromatic heterocycles. The Balaban J connectivity index is 1.22. The van der Waals surface area contributed by atoms with Crippen molar-refractivity contribution in [2.45, 2.75) is 61.7 Å². The summed E-state index contributed by atoms with van der Waals surface area (Å²) in [6.07, 6.45) is -1.41. The second-order valence-corrected chi connectivity index (χ2v) is 15.7. The average molecular weight is 738 g/mol. The van der Waals surface area contributed by atoms with Crippen LogP contribution in [0.5, 0.6) is 5.75 Å². The van der Waals surface area contributed by atoms with Crippen LogP contribution in [0.2, 0.25) is 0 Å². The number of nitrogens with zero attached hydrogens (tertiary/aromatic N) is 2. The molecule has 0 bridgehead atoms. The van der Waals surface area contributed by atoms with E-state index in [9.17, 15) is 14.2 Å². The van der Waals surface area contributed by atoms with Gasteiger partial charge in [0.15, 0.2) is 6.17 Å². The van der Waals surface area contributed by atoms with Crippen molar-refractivity contribution in [3.05, 3.63) is 124 Å². The number of rotatable bonds is 13. The maximum atomic E-state index is 16.1. The second kappa shape index (κ2) is 15.7. The number of methoxy groups -OCH3 is 1. The number of halogens is 1. The summed E-state index contributed by atoms with van der Waals surface area (Å²) in [6.45, 7) is 4.96. The van der Waals surface area contributed by atoms with Gasteiger partial charge in [-0.3, -0.25) is 22.9 Å². The van der Waals surface area contributed by atoms with Crippen LogP contribution in [0.1, 0.15) is 49.3 Å². The normalized spacial score (nSPS) is 23.7. The third-order valence-electron chi connectivity index (χ3n) is 8.83. The number of ether oxygens (including phenoxy) is 2. The number of hydrogen-bond donors (Lipinski definition) is 1. The number of phosphoric ester groups is 1. The number of carbonyl (C=O) groups is 1. The van der Waals surface area contributed by atoms with Crippen LogP contribution in [0, 0.1) is 5.92 Å². The molecule has 51 heavy (non-hydrogen) atoms. The molecule has 6 rings (SSSR count). The molecule has 0 amide bonds. The lowest BCUT2D eigenvalue weighted by molar-refractivity contribution is -0.152. The maximum absolute atomic E-state index is 16.1. The fourth-order valence-electron chi connectivity index (χ4n) is 6.20. The molecule has 14 heteroatoms. The molecular weight excluding hydrogens is 696 g/mol. The average Bonchev–Trinajstić information content (AvgIpc) is 3.45. The van der Waals surface area contributed by atoms with Gasteiger partial charge in [-0.05, 0) is 55.2 Å². The predicted octanol–water partition coefficient (Wildman–Crippen LogP) is 7.13. The maximum Gasteiger partial charge on any atom is 0.475 e. The van der Waals surface area contributed by atoms with Crippen LogP contribution in [0.3, 0.4) is 0 Å². The summed E-state index contributed by atoms with van der Waals surface area (Å²) in [7, 11) is -2.51. The number of anilines is 1. The molecule has 3 heterocycles. The first-order valence-electron chi connectivity index (χ1n) is 16.7. The zero-order chi connectivity index (χ0) is 36.2. The highest BCUT2D eigenvalue weighted by atomic mass is 32.2. The molecule has 4 aromatic rings. The number of alkyl halides is 1. The lowest BCUT2D eigenvalue weighted by Gasteiger charge is -2.37. The Labute approximate surface area is 300 Å². The molecule has 3 aromatic carbocycles. The molecule has 270 valence electrons. The largest absolute Gasteiger partial charge is 0.497 e. The Bertz CT molecular complexity index is 1860. The zero-order valence-electron chi connectivity index (χ0n) is 28.7. The van der Waals surface area contributed by atoms with Gasteiger partial charge in [0.1, 0.15) is 28.6 Å². The zero-order valence-corrected chi connectivity index (χ0v) is 30.4. The van der Waals surface area contributed by atoms with Crippen molar-refractivity contribution in [3.63, 3.8) is 0 Å². The van der Waals surface area contributed by atoms with Gasteiger partial charge in [-0.2, -0.15) is 4.98 Å². The molecule has 11 nitrogen and oxygen atoms in total. The molecule has 6 atom stereocenters. The molecule has 2 saturated heterocycles. The van der Waals surface area contributed by atoms with Crippen molar-refractivity contribution in [1.82, 2.24) is 9.55 Å². The highest BCUT2D eigenvalue weighted by molar-refractivity contribution is 8.00. The van der Waals surface area contributed by atoms with Gasteiger partial charge in [0.05, 0.1) is 37.6 Å². The van der Waals surface area contributed by atoms with Crippen LogP contribution in [-0.4, -0.2) is 59.5 Å². The van der Waals surface area contributed by atoms with Crippen LogP contribution < -0.4 is 15.7 Å². The van der Waals surface area contributed by atoms with Gasteiger partial charge in [0.25, 0.3) is 0 Å². The van der Waals surface area contributed by atoms with Crippen LogP contribution >= 0.6 is 19.6 Å². The third kappa shape index (κ3) is 7.93. The molecule has 0 aliphatic carbocycles. The number of hydrogen-bond acceptors (Lipinski definition) is 11. The molecule has 1 N–H and O–H groups in total. The monoisotopic (exact) mass is 737 g/mol. The molecule has 2 unspecified atom stereocenters. The number of thioether (sulfide) groups is 1. The number of benzene rings is 3. The summed E-state index contributed by atoms with van der Waals surface area (Å²) in [6, 6.07) is 29.0. The van der Waals surface area contributed by atoms with Crippen molar-refractivity contribution in [2.75, 3.05) is 25.6 Å². The number of esters is 1. The first kappa shape index (κ1) is 36.8. The summed E-state index contributed by atoms with van der Waals surface area (Å²) in [5, 5.41) is 2.01. The van der Waals surface area contributed by atoms with Gasteiger partial charge in [-0.1, -0.05) is 79.7 Å². The van der Waals surface area contributed by atoms with Crippen LogP contribution in [0.15, 0.2) is 102 Å². The Kier molecular flexibility index (Phi) is 11.3. The summed E-state index contributed by atoms with van der Waals surface area (Å²) in [5.41, 5.74) is 1.03. The Morgan fingerprint density at radius 3 is 2.24 bits per heavy atom. The number of fused-ring (bicyclic) bond motifs is 1. The van der Waals surface area contributed by atoms with Crippen molar-refractivity contribution in [2.24, 2.45) is 5.92 Å². The van der Waals surface area contributed by atoms with Gasteiger partial charge < -0.3 is 14.8 Å². The van der Waals surface area contributed by atoms with Crippen molar-refractivity contribution >= 4 is 31.4 Å².